The summed E-state index contributed by atoms with van der Waals surface area (Å²) in [4.78, 5) is 4.56. The molecule has 0 atom stereocenters. The Balaban J connectivity index is 1.94. The lowest BCUT2D eigenvalue weighted by Crippen LogP contribution is -2.03. The van der Waals surface area contributed by atoms with E-state index in [1.165, 1.54) is 23.8 Å². The Kier molecular flexibility index (Phi) is 4.03. The molecule has 0 aliphatic rings. The van der Waals surface area contributed by atoms with E-state index in [0.29, 0.717) is 6.54 Å². The van der Waals surface area contributed by atoms with Gasteiger partial charge in [0.15, 0.2) is 0 Å². The zero-order valence-electron chi connectivity index (χ0n) is 14.6. The van der Waals surface area contributed by atoms with Gasteiger partial charge in [-0.25, -0.2) is 8.78 Å². The van der Waals surface area contributed by atoms with E-state index < -0.39 is 0 Å². The Labute approximate surface area is 150 Å². The Bertz CT molecular complexity index is 1100. The second kappa shape index (κ2) is 6.37. The average Bonchev–Trinajstić information content (AvgIpc) is 2.88. The van der Waals surface area contributed by atoms with Gasteiger partial charge in [-0.05, 0) is 67.4 Å². The van der Waals surface area contributed by atoms with Crippen molar-refractivity contribution in [2.75, 3.05) is 0 Å². The summed E-state index contributed by atoms with van der Waals surface area (Å²) in [5.74, 6) is -0.520. The quantitative estimate of drug-likeness (QED) is 0.468. The number of aromatic nitrogens is 2. The van der Waals surface area contributed by atoms with Gasteiger partial charge in [0.25, 0.3) is 0 Å². The lowest BCUT2D eigenvalue weighted by Gasteiger charge is -2.12. The van der Waals surface area contributed by atoms with Gasteiger partial charge in [0.1, 0.15) is 11.6 Å². The highest BCUT2D eigenvalue weighted by atomic mass is 19.1. The fourth-order valence-electron chi connectivity index (χ4n) is 3.43. The minimum atomic E-state index is -0.275. The molecule has 0 aliphatic heterocycles. The first kappa shape index (κ1) is 16.5. The highest BCUT2D eigenvalue weighted by Crippen LogP contribution is 2.33. The highest BCUT2D eigenvalue weighted by molar-refractivity contribution is 5.95. The summed E-state index contributed by atoms with van der Waals surface area (Å²) >= 11 is 0. The summed E-state index contributed by atoms with van der Waals surface area (Å²) in [6.45, 7) is 4.69. The summed E-state index contributed by atoms with van der Waals surface area (Å²) in [7, 11) is 0. The average molecular weight is 348 g/mol. The lowest BCUT2D eigenvalue weighted by molar-refractivity contribution is 0.623. The largest absolute Gasteiger partial charge is 0.338 e. The molecule has 26 heavy (non-hydrogen) atoms. The van der Waals surface area contributed by atoms with Crippen LogP contribution in [0.2, 0.25) is 0 Å². The van der Waals surface area contributed by atoms with Crippen LogP contribution in [0.5, 0.6) is 0 Å². The third-order valence-electron chi connectivity index (χ3n) is 4.89. The molecule has 4 heteroatoms. The zero-order valence-corrected chi connectivity index (χ0v) is 14.6. The molecule has 0 saturated carbocycles. The Morgan fingerprint density at radius 1 is 0.923 bits per heavy atom. The third-order valence-corrected chi connectivity index (χ3v) is 4.89. The first-order valence-corrected chi connectivity index (χ1v) is 8.49. The molecule has 0 bridgehead atoms. The number of nitrogens with zero attached hydrogens (tertiary/aromatic N) is 2. The number of aryl methyl sites for hydroxylation is 1. The second-order valence-corrected chi connectivity index (χ2v) is 6.49. The van der Waals surface area contributed by atoms with Crippen molar-refractivity contribution >= 4 is 10.9 Å². The maximum absolute atomic E-state index is 13.6. The fraction of sp³-hybridized carbons (Fsp3) is 0.136. The SMILES string of the molecule is Cc1c(C)n(Cc2cccc(F)c2)c2c(-c3ccc(F)cc3)nccc12. The van der Waals surface area contributed by atoms with Gasteiger partial charge in [-0.1, -0.05) is 12.1 Å². The maximum Gasteiger partial charge on any atom is 0.123 e. The van der Waals surface area contributed by atoms with Crippen LogP contribution in [0.4, 0.5) is 8.78 Å². The Hall–Kier alpha value is -3.01. The van der Waals surface area contributed by atoms with Crippen LogP contribution in [0.25, 0.3) is 22.2 Å². The summed E-state index contributed by atoms with van der Waals surface area (Å²) in [6.07, 6.45) is 1.78. The van der Waals surface area contributed by atoms with E-state index >= 15 is 0 Å². The maximum atomic E-state index is 13.6. The summed E-state index contributed by atoms with van der Waals surface area (Å²) in [6, 6.07) is 15.0. The van der Waals surface area contributed by atoms with E-state index in [1.807, 2.05) is 12.1 Å². The van der Waals surface area contributed by atoms with Gasteiger partial charge in [-0.15, -0.1) is 0 Å². The Morgan fingerprint density at radius 3 is 2.42 bits per heavy atom. The summed E-state index contributed by atoms with van der Waals surface area (Å²) < 4.78 is 29.1. The first-order chi connectivity index (χ1) is 12.5. The molecule has 4 aromatic rings. The van der Waals surface area contributed by atoms with Gasteiger partial charge >= 0.3 is 0 Å². The molecule has 4 rings (SSSR count). The number of pyridine rings is 1. The molecule has 0 fully saturated rings. The van der Waals surface area contributed by atoms with Crippen molar-refractivity contribution in [3.63, 3.8) is 0 Å². The number of hydrogen-bond donors (Lipinski definition) is 0. The van der Waals surface area contributed by atoms with Crippen LogP contribution in [0.1, 0.15) is 16.8 Å². The van der Waals surface area contributed by atoms with Crippen LogP contribution in [0.3, 0.4) is 0 Å². The van der Waals surface area contributed by atoms with Crippen molar-refractivity contribution in [3.8, 4) is 11.3 Å². The smallest absolute Gasteiger partial charge is 0.123 e. The molecule has 2 aromatic carbocycles. The fourth-order valence-corrected chi connectivity index (χ4v) is 3.43. The Morgan fingerprint density at radius 2 is 1.69 bits per heavy atom. The van der Waals surface area contributed by atoms with E-state index in [9.17, 15) is 8.78 Å². The predicted molar refractivity (Wildman–Crippen MR) is 100 cm³/mol. The monoisotopic (exact) mass is 348 g/mol. The van der Waals surface area contributed by atoms with Crippen molar-refractivity contribution in [2.45, 2.75) is 20.4 Å². The predicted octanol–water partition coefficient (Wildman–Crippen LogP) is 5.65. The van der Waals surface area contributed by atoms with Crippen molar-refractivity contribution < 1.29 is 8.78 Å². The van der Waals surface area contributed by atoms with Crippen molar-refractivity contribution in [2.24, 2.45) is 0 Å². The van der Waals surface area contributed by atoms with E-state index in [0.717, 1.165) is 33.4 Å². The molecule has 0 radical (unpaired) electrons. The molecule has 2 heterocycles. The van der Waals surface area contributed by atoms with E-state index in [1.54, 1.807) is 30.5 Å². The third kappa shape index (κ3) is 2.77. The normalized spacial score (nSPS) is 11.2. The molecule has 0 aliphatic carbocycles. The molecule has 0 spiro atoms. The second-order valence-electron chi connectivity index (χ2n) is 6.49. The molecule has 0 unspecified atom stereocenters. The van der Waals surface area contributed by atoms with Crippen molar-refractivity contribution in [1.29, 1.82) is 0 Å². The van der Waals surface area contributed by atoms with Crippen LogP contribution >= 0.6 is 0 Å². The summed E-state index contributed by atoms with van der Waals surface area (Å²) in [5.41, 5.74) is 5.81. The van der Waals surface area contributed by atoms with Gasteiger partial charge in [0.05, 0.1) is 11.2 Å². The van der Waals surface area contributed by atoms with Crippen LogP contribution in [-0.4, -0.2) is 9.55 Å². The first-order valence-electron chi connectivity index (χ1n) is 8.49. The summed E-state index contributed by atoms with van der Waals surface area (Å²) in [5, 5.41) is 1.10. The molecule has 2 aromatic heterocycles. The van der Waals surface area contributed by atoms with E-state index in [4.69, 9.17) is 0 Å². The van der Waals surface area contributed by atoms with Gasteiger partial charge in [0.2, 0.25) is 0 Å². The zero-order chi connectivity index (χ0) is 18.3. The van der Waals surface area contributed by atoms with E-state index in [-0.39, 0.29) is 11.6 Å². The van der Waals surface area contributed by atoms with Crippen molar-refractivity contribution in [3.05, 3.63) is 89.2 Å². The molecular formula is C22H18F2N2. The number of benzene rings is 2. The lowest BCUT2D eigenvalue weighted by atomic mass is 10.1. The van der Waals surface area contributed by atoms with Crippen LogP contribution < -0.4 is 0 Å². The number of hydrogen-bond acceptors (Lipinski definition) is 1. The number of halogens is 2. The van der Waals surface area contributed by atoms with Crippen LogP contribution in [0, 0.1) is 25.5 Å². The van der Waals surface area contributed by atoms with Crippen LogP contribution in [-0.2, 0) is 6.54 Å². The van der Waals surface area contributed by atoms with Crippen LogP contribution in [0.15, 0.2) is 60.8 Å². The topological polar surface area (TPSA) is 17.8 Å². The number of rotatable bonds is 3. The molecule has 130 valence electrons. The van der Waals surface area contributed by atoms with Gasteiger partial charge in [0, 0.05) is 29.4 Å². The molecule has 0 amide bonds. The molecular weight excluding hydrogens is 330 g/mol. The van der Waals surface area contributed by atoms with Gasteiger partial charge in [-0.3, -0.25) is 4.98 Å². The molecule has 0 saturated heterocycles. The standard InChI is InChI=1S/C22H18F2N2/c1-14-15(2)26(13-16-4-3-5-19(24)12-16)22-20(14)10-11-25-21(22)17-6-8-18(23)9-7-17/h3-12H,13H2,1-2H3. The highest BCUT2D eigenvalue weighted by Gasteiger charge is 2.16. The molecule has 2 nitrogen and oxygen atoms in total. The minimum Gasteiger partial charge on any atom is -0.338 e. The minimum absolute atomic E-state index is 0.245. The molecule has 0 N–H and O–H groups in total. The number of fused-ring (bicyclic) bond motifs is 1. The van der Waals surface area contributed by atoms with Crippen molar-refractivity contribution in [1.82, 2.24) is 9.55 Å². The van der Waals surface area contributed by atoms with Gasteiger partial charge in [-0.2, -0.15) is 0 Å². The van der Waals surface area contributed by atoms with E-state index in [2.05, 4.69) is 23.4 Å². The van der Waals surface area contributed by atoms with Gasteiger partial charge < -0.3 is 4.57 Å².